The first-order valence-electron chi connectivity index (χ1n) is 13.4. The molecule has 1 aliphatic rings. The molecule has 0 spiro atoms. The second-order valence-electron chi connectivity index (χ2n) is 10.2. The number of carbonyl (C=O) groups is 2. The summed E-state index contributed by atoms with van der Waals surface area (Å²) in [5, 5.41) is 13.8. The van der Waals surface area contributed by atoms with Crippen molar-refractivity contribution >= 4 is 11.9 Å². The average Bonchev–Trinajstić information content (AvgIpc) is 3.75. The lowest BCUT2D eigenvalue weighted by molar-refractivity contribution is 0.0693. The van der Waals surface area contributed by atoms with Crippen molar-refractivity contribution in [2.45, 2.75) is 38.8 Å². The van der Waals surface area contributed by atoms with E-state index in [1.54, 1.807) is 49.0 Å². The standard InChI is InChI=1S/C32H33N3O6/c1-20-16-26(39-3)15-12-23(20)18-35(31(36)28-17-27(21-8-9-21)33-34(28)2)19-24-6-5-7-29(30(24)40-4)41-25-13-10-22(11-14-25)32(37)38/h5-7,10-17,21H,8-9,18-19H2,1-4H3,(H,37,38). The van der Waals surface area contributed by atoms with Gasteiger partial charge in [0, 0.05) is 25.1 Å². The molecule has 3 aromatic carbocycles. The molecule has 212 valence electrons. The monoisotopic (exact) mass is 555 g/mol. The van der Waals surface area contributed by atoms with Crippen LogP contribution < -0.4 is 14.2 Å². The zero-order chi connectivity index (χ0) is 29.1. The molecule has 5 rings (SSSR count). The minimum Gasteiger partial charge on any atom is -0.497 e. The van der Waals surface area contributed by atoms with Crippen LogP contribution in [-0.4, -0.2) is 45.9 Å². The topological polar surface area (TPSA) is 103 Å². The van der Waals surface area contributed by atoms with Gasteiger partial charge in [0.15, 0.2) is 11.5 Å². The number of aromatic nitrogens is 2. The molecular formula is C32H33N3O6. The molecule has 0 bridgehead atoms. The van der Waals surface area contributed by atoms with Crippen molar-refractivity contribution in [1.29, 1.82) is 0 Å². The number of ether oxygens (including phenoxy) is 3. The number of carboxylic acids is 1. The van der Waals surface area contributed by atoms with Crippen molar-refractivity contribution in [3.63, 3.8) is 0 Å². The molecule has 0 saturated heterocycles. The number of methoxy groups -OCH3 is 2. The maximum atomic E-state index is 14.0. The van der Waals surface area contributed by atoms with Crippen molar-refractivity contribution in [2.24, 2.45) is 7.05 Å². The Bertz CT molecular complexity index is 1570. The van der Waals surface area contributed by atoms with Crippen LogP contribution in [0.1, 0.15) is 62.0 Å². The first-order valence-corrected chi connectivity index (χ1v) is 13.4. The fourth-order valence-electron chi connectivity index (χ4n) is 4.80. The van der Waals surface area contributed by atoms with Crippen molar-refractivity contribution in [1.82, 2.24) is 14.7 Å². The minimum absolute atomic E-state index is 0.139. The number of para-hydroxylation sites is 1. The molecule has 41 heavy (non-hydrogen) atoms. The van der Waals surface area contributed by atoms with Crippen LogP contribution in [0, 0.1) is 6.92 Å². The van der Waals surface area contributed by atoms with Crippen LogP contribution >= 0.6 is 0 Å². The summed E-state index contributed by atoms with van der Waals surface area (Å²) in [6.07, 6.45) is 2.20. The van der Waals surface area contributed by atoms with Crippen molar-refractivity contribution in [2.75, 3.05) is 14.2 Å². The van der Waals surface area contributed by atoms with Gasteiger partial charge in [-0.05, 0) is 79.4 Å². The Morgan fingerprint density at radius 1 is 0.951 bits per heavy atom. The number of carbonyl (C=O) groups excluding carboxylic acids is 1. The zero-order valence-corrected chi connectivity index (χ0v) is 23.6. The van der Waals surface area contributed by atoms with Gasteiger partial charge in [0.2, 0.25) is 0 Å². The van der Waals surface area contributed by atoms with Crippen LogP contribution in [0.15, 0.2) is 66.7 Å². The lowest BCUT2D eigenvalue weighted by Crippen LogP contribution is -2.32. The van der Waals surface area contributed by atoms with E-state index in [4.69, 9.17) is 14.2 Å². The molecule has 1 heterocycles. The Hall–Kier alpha value is -4.79. The van der Waals surface area contributed by atoms with E-state index in [9.17, 15) is 14.7 Å². The van der Waals surface area contributed by atoms with Crippen LogP contribution in [0.25, 0.3) is 0 Å². The third-order valence-electron chi connectivity index (χ3n) is 7.27. The highest BCUT2D eigenvalue weighted by molar-refractivity contribution is 5.93. The smallest absolute Gasteiger partial charge is 0.335 e. The highest BCUT2D eigenvalue weighted by Crippen LogP contribution is 2.40. The molecule has 1 amide bonds. The molecule has 1 fully saturated rings. The third-order valence-corrected chi connectivity index (χ3v) is 7.27. The Labute approximate surface area is 238 Å². The van der Waals surface area contributed by atoms with Gasteiger partial charge in [-0.25, -0.2) is 4.79 Å². The summed E-state index contributed by atoms with van der Waals surface area (Å²) in [7, 11) is 4.99. The number of hydrogen-bond donors (Lipinski definition) is 1. The Morgan fingerprint density at radius 3 is 2.29 bits per heavy atom. The molecule has 1 aromatic heterocycles. The summed E-state index contributed by atoms with van der Waals surface area (Å²) in [6.45, 7) is 2.62. The van der Waals surface area contributed by atoms with Gasteiger partial charge in [0.05, 0.1) is 32.0 Å². The number of amides is 1. The van der Waals surface area contributed by atoms with E-state index in [-0.39, 0.29) is 18.0 Å². The molecule has 0 radical (unpaired) electrons. The van der Waals surface area contributed by atoms with Gasteiger partial charge in [-0.3, -0.25) is 9.48 Å². The number of hydrogen-bond acceptors (Lipinski definition) is 6. The fourth-order valence-corrected chi connectivity index (χ4v) is 4.80. The van der Waals surface area contributed by atoms with Crippen molar-refractivity contribution in [3.05, 3.63) is 100 Å². The Balaban J connectivity index is 1.47. The summed E-state index contributed by atoms with van der Waals surface area (Å²) >= 11 is 0. The number of benzene rings is 3. The normalized spacial score (nSPS) is 12.6. The summed E-state index contributed by atoms with van der Waals surface area (Å²) in [6, 6.07) is 19.4. The number of aromatic carboxylic acids is 1. The average molecular weight is 556 g/mol. The number of aryl methyl sites for hydroxylation is 2. The lowest BCUT2D eigenvalue weighted by Gasteiger charge is -2.25. The van der Waals surface area contributed by atoms with Crippen LogP contribution in [0.2, 0.25) is 0 Å². The molecule has 9 nitrogen and oxygen atoms in total. The predicted octanol–water partition coefficient (Wildman–Crippen LogP) is 5.96. The van der Waals surface area contributed by atoms with Gasteiger partial charge in [0.1, 0.15) is 17.2 Å². The van der Waals surface area contributed by atoms with Crippen LogP contribution in [0.4, 0.5) is 0 Å². The fraction of sp³-hybridized carbons (Fsp3) is 0.281. The van der Waals surface area contributed by atoms with Gasteiger partial charge in [-0.2, -0.15) is 5.10 Å². The first kappa shape index (κ1) is 27.8. The molecule has 1 aliphatic carbocycles. The number of rotatable bonds is 11. The van der Waals surface area contributed by atoms with Crippen LogP contribution in [0.5, 0.6) is 23.0 Å². The third kappa shape index (κ3) is 6.19. The summed E-state index contributed by atoms with van der Waals surface area (Å²) < 4.78 is 18.9. The molecule has 0 atom stereocenters. The highest BCUT2D eigenvalue weighted by atomic mass is 16.5. The zero-order valence-electron chi connectivity index (χ0n) is 23.6. The summed E-state index contributed by atoms with van der Waals surface area (Å²) in [5.41, 5.74) is 4.42. The molecule has 1 saturated carbocycles. The van der Waals surface area contributed by atoms with E-state index in [1.807, 2.05) is 43.3 Å². The molecule has 4 aromatic rings. The van der Waals surface area contributed by atoms with E-state index in [2.05, 4.69) is 5.10 Å². The van der Waals surface area contributed by atoms with Gasteiger partial charge in [-0.1, -0.05) is 18.2 Å². The maximum absolute atomic E-state index is 14.0. The molecule has 1 N–H and O–H groups in total. The molecular weight excluding hydrogens is 522 g/mol. The van der Waals surface area contributed by atoms with E-state index in [1.165, 1.54) is 12.1 Å². The van der Waals surface area contributed by atoms with E-state index < -0.39 is 5.97 Å². The second kappa shape index (κ2) is 11.8. The minimum atomic E-state index is -1.01. The van der Waals surface area contributed by atoms with Gasteiger partial charge in [0.25, 0.3) is 5.91 Å². The SMILES string of the molecule is COc1ccc(CN(Cc2cccc(Oc3ccc(C(=O)O)cc3)c2OC)C(=O)c2cc(C3CC3)nn2C)c(C)c1. The molecule has 9 heteroatoms. The van der Waals surface area contributed by atoms with Crippen LogP contribution in [-0.2, 0) is 20.1 Å². The van der Waals surface area contributed by atoms with E-state index in [0.29, 0.717) is 35.4 Å². The Kier molecular flexibility index (Phi) is 7.96. The van der Waals surface area contributed by atoms with Crippen molar-refractivity contribution in [3.8, 4) is 23.0 Å². The van der Waals surface area contributed by atoms with Crippen molar-refractivity contribution < 1.29 is 28.9 Å². The van der Waals surface area contributed by atoms with E-state index in [0.717, 1.165) is 41.0 Å². The summed E-state index contributed by atoms with van der Waals surface area (Å²) in [4.78, 5) is 27.0. The van der Waals surface area contributed by atoms with Gasteiger partial charge >= 0.3 is 5.97 Å². The number of carboxylic acid groups (broad SMARTS) is 1. The largest absolute Gasteiger partial charge is 0.497 e. The second-order valence-corrected chi connectivity index (χ2v) is 10.2. The number of nitrogens with zero attached hydrogens (tertiary/aromatic N) is 3. The van der Waals surface area contributed by atoms with Gasteiger partial charge in [-0.15, -0.1) is 0 Å². The molecule has 0 aliphatic heterocycles. The Morgan fingerprint density at radius 2 is 1.66 bits per heavy atom. The van der Waals surface area contributed by atoms with Gasteiger partial charge < -0.3 is 24.2 Å². The lowest BCUT2D eigenvalue weighted by atomic mass is 10.1. The van der Waals surface area contributed by atoms with Crippen LogP contribution in [0.3, 0.4) is 0 Å². The summed E-state index contributed by atoms with van der Waals surface area (Å²) in [5.74, 6) is 1.45. The van der Waals surface area contributed by atoms with E-state index >= 15 is 0 Å². The maximum Gasteiger partial charge on any atom is 0.335 e. The molecule has 0 unspecified atom stereocenters. The highest BCUT2D eigenvalue weighted by Gasteiger charge is 2.30. The predicted molar refractivity (Wildman–Crippen MR) is 153 cm³/mol. The first-order chi connectivity index (χ1) is 19.8. The quantitative estimate of drug-likeness (QED) is 0.244.